The highest BCUT2D eigenvalue weighted by Crippen LogP contribution is 2.68. The molecule has 0 radical (unpaired) electrons. The molecule has 9 heteroatoms. The largest absolute Gasteiger partial charge is 0.433 e. The Labute approximate surface area is 106 Å². The molecule has 0 aromatic heterocycles. The predicted octanol–water partition coefficient (Wildman–Crippen LogP) is 3.02. The maximum atomic E-state index is 13.1. The van der Waals surface area contributed by atoms with Crippen molar-refractivity contribution in [3.63, 3.8) is 0 Å². The Balaban J connectivity index is 3.59. The highest BCUT2D eigenvalue weighted by atomic mass is 31.2. The Hall–Kier alpha value is -0.950. The van der Waals surface area contributed by atoms with Gasteiger partial charge in [0.2, 0.25) is 0 Å². The molecule has 0 aliphatic carbocycles. The minimum absolute atomic E-state index is 0.415. The third kappa shape index (κ3) is 2.53. The van der Waals surface area contributed by atoms with Crippen LogP contribution in [-0.4, -0.2) is 25.5 Å². The SMILES string of the molecule is COP(=O)(OC)C(O)(c1cccc(F)c1)C(F)(F)F. The fourth-order valence-electron chi connectivity index (χ4n) is 1.52. The van der Waals surface area contributed by atoms with E-state index in [1.165, 1.54) is 0 Å². The quantitative estimate of drug-likeness (QED) is 0.686. The van der Waals surface area contributed by atoms with Gasteiger partial charge < -0.3 is 14.2 Å². The van der Waals surface area contributed by atoms with Gasteiger partial charge in [0.1, 0.15) is 5.82 Å². The molecule has 0 fully saturated rings. The lowest BCUT2D eigenvalue weighted by Crippen LogP contribution is -2.42. The summed E-state index contributed by atoms with van der Waals surface area (Å²) in [5.74, 6) is -1.03. The van der Waals surface area contributed by atoms with Crippen LogP contribution in [0.4, 0.5) is 17.6 Å². The average Bonchev–Trinajstić information content (AvgIpc) is 2.35. The molecule has 0 saturated carbocycles. The average molecular weight is 302 g/mol. The first kappa shape index (κ1) is 16.1. The smallest absolute Gasteiger partial charge is 0.366 e. The Kier molecular flexibility index (Phi) is 4.41. The predicted molar refractivity (Wildman–Crippen MR) is 58.0 cm³/mol. The fourth-order valence-corrected chi connectivity index (χ4v) is 2.96. The molecule has 19 heavy (non-hydrogen) atoms. The van der Waals surface area contributed by atoms with Crippen molar-refractivity contribution in [2.75, 3.05) is 14.2 Å². The van der Waals surface area contributed by atoms with Gasteiger partial charge in [-0.25, -0.2) is 4.39 Å². The first-order valence-corrected chi connectivity index (χ1v) is 6.43. The molecule has 1 unspecified atom stereocenters. The molecule has 1 rings (SSSR count). The van der Waals surface area contributed by atoms with Crippen LogP contribution in [-0.2, 0) is 19.0 Å². The van der Waals surface area contributed by atoms with Gasteiger partial charge in [-0.05, 0) is 12.1 Å². The lowest BCUT2D eigenvalue weighted by atomic mass is 10.1. The van der Waals surface area contributed by atoms with Gasteiger partial charge in [-0.3, -0.25) is 4.57 Å². The number of aliphatic hydroxyl groups is 1. The van der Waals surface area contributed by atoms with E-state index in [0.717, 1.165) is 18.2 Å². The van der Waals surface area contributed by atoms with Gasteiger partial charge in [0, 0.05) is 19.8 Å². The van der Waals surface area contributed by atoms with E-state index < -0.39 is 30.5 Å². The number of hydrogen-bond donors (Lipinski definition) is 1. The lowest BCUT2D eigenvalue weighted by molar-refractivity contribution is -0.236. The first-order chi connectivity index (χ1) is 8.62. The van der Waals surface area contributed by atoms with E-state index in [0.29, 0.717) is 20.3 Å². The summed E-state index contributed by atoms with van der Waals surface area (Å²) in [5.41, 5.74) is -0.966. The maximum absolute atomic E-state index is 13.1. The number of benzene rings is 1. The molecule has 0 amide bonds. The maximum Gasteiger partial charge on any atom is 0.433 e. The molecule has 0 bridgehead atoms. The zero-order chi connectivity index (χ0) is 14.9. The molecule has 1 atom stereocenters. The van der Waals surface area contributed by atoms with Crippen LogP contribution in [0, 0.1) is 5.82 Å². The summed E-state index contributed by atoms with van der Waals surface area (Å²) in [5, 5.41) is 5.91. The number of halogens is 4. The van der Waals surface area contributed by atoms with Crippen molar-refractivity contribution in [3.05, 3.63) is 35.6 Å². The molecule has 0 aliphatic rings. The van der Waals surface area contributed by atoms with Crippen LogP contribution in [0.3, 0.4) is 0 Å². The van der Waals surface area contributed by atoms with Crippen molar-refractivity contribution in [2.24, 2.45) is 0 Å². The summed E-state index contributed by atoms with van der Waals surface area (Å²) >= 11 is 0. The van der Waals surface area contributed by atoms with Crippen molar-refractivity contribution < 1.29 is 36.3 Å². The van der Waals surface area contributed by atoms with Gasteiger partial charge in [0.15, 0.2) is 0 Å². The van der Waals surface area contributed by atoms with Crippen molar-refractivity contribution >= 4 is 7.60 Å². The van der Waals surface area contributed by atoms with Crippen LogP contribution in [0.1, 0.15) is 5.56 Å². The summed E-state index contributed by atoms with van der Waals surface area (Å²) in [6.45, 7) is 0. The molecule has 1 aromatic carbocycles. The Morgan fingerprint density at radius 2 is 1.74 bits per heavy atom. The molecule has 4 nitrogen and oxygen atoms in total. The normalized spacial score (nSPS) is 16.2. The summed E-state index contributed by atoms with van der Waals surface area (Å²) < 4.78 is 72.7. The van der Waals surface area contributed by atoms with Crippen molar-refractivity contribution in [1.82, 2.24) is 0 Å². The summed E-state index contributed by atoms with van der Waals surface area (Å²) in [6, 6.07) is 3.02. The Morgan fingerprint density at radius 1 is 1.21 bits per heavy atom. The zero-order valence-electron chi connectivity index (χ0n) is 9.94. The highest BCUT2D eigenvalue weighted by Gasteiger charge is 2.68. The standard InChI is InChI=1S/C10H11F4O4P/c1-17-19(16,18-2)9(15,10(12,13)14)7-4-3-5-8(11)6-7/h3-6,15H,1-2H3. The fraction of sp³-hybridized carbons (Fsp3) is 0.400. The van der Waals surface area contributed by atoms with Crippen LogP contribution < -0.4 is 0 Å². The molecule has 0 spiro atoms. The molecule has 0 heterocycles. The van der Waals surface area contributed by atoms with E-state index in [2.05, 4.69) is 9.05 Å². The second-order valence-electron chi connectivity index (χ2n) is 3.54. The van der Waals surface area contributed by atoms with Gasteiger partial charge in [-0.1, -0.05) is 12.1 Å². The van der Waals surface area contributed by atoms with Crippen LogP contribution in [0.5, 0.6) is 0 Å². The van der Waals surface area contributed by atoms with E-state index in [4.69, 9.17) is 0 Å². The Bertz CT molecular complexity index is 497. The third-order valence-electron chi connectivity index (χ3n) is 2.50. The van der Waals surface area contributed by atoms with Crippen LogP contribution in [0.2, 0.25) is 0 Å². The van der Waals surface area contributed by atoms with Gasteiger partial charge in [-0.15, -0.1) is 0 Å². The van der Waals surface area contributed by atoms with Crippen molar-refractivity contribution in [3.8, 4) is 0 Å². The minimum atomic E-state index is -5.39. The second-order valence-corrected chi connectivity index (χ2v) is 5.92. The molecule has 0 saturated heterocycles. The van der Waals surface area contributed by atoms with Crippen LogP contribution in [0.25, 0.3) is 0 Å². The van der Waals surface area contributed by atoms with Gasteiger partial charge in [0.05, 0.1) is 0 Å². The van der Waals surface area contributed by atoms with E-state index in [-0.39, 0.29) is 0 Å². The van der Waals surface area contributed by atoms with Gasteiger partial charge >= 0.3 is 13.8 Å². The number of alkyl halides is 3. The zero-order valence-corrected chi connectivity index (χ0v) is 10.8. The van der Waals surface area contributed by atoms with Gasteiger partial charge in [-0.2, -0.15) is 13.2 Å². The topological polar surface area (TPSA) is 55.8 Å². The third-order valence-corrected chi connectivity index (χ3v) is 4.77. The Morgan fingerprint density at radius 3 is 2.11 bits per heavy atom. The minimum Gasteiger partial charge on any atom is -0.366 e. The van der Waals surface area contributed by atoms with E-state index in [1.807, 2.05) is 0 Å². The van der Waals surface area contributed by atoms with Gasteiger partial charge in [0.25, 0.3) is 5.34 Å². The van der Waals surface area contributed by atoms with Crippen molar-refractivity contribution in [2.45, 2.75) is 11.5 Å². The molecule has 1 N–H and O–H groups in total. The van der Waals surface area contributed by atoms with E-state index in [1.54, 1.807) is 0 Å². The van der Waals surface area contributed by atoms with E-state index >= 15 is 0 Å². The number of rotatable bonds is 4. The molecular formula is C10H11F4O4P. The monoisotopic (exact) mass is 302 g/mol. The number of hydrogen-bond acceptors (Lipinski definition) is 4. The van der Waals surface area contributed by atoms with E-state index in [9.17, 15) is 27.2 Å². The lowest BCUT2D eigenvalue weighted by Gasteiger charge is -2.34. The van der Waals surface area contributed by atoms with Crippen LogP contribution >= 0.6 is 7.60 Å². The summed E-state index contributed by atoms with van der Waals surface area (Å²) in [4.78, 5) is 0. The summed E-state index contributed by atoms with van der Waals surface area (Å²) in [6.07, 6.45) is -5.39. The summed E-state index contributed by atoms with van der Waals surface area (Å²) in [7, 11) is -3.61. The van der Waals surface area contributed by atoms with Crippen LogP contribution in [0.15, 0.2) is 24.3 Å². The highest BCUT2D eigenvalue weighted by molar-refractivity contribution is 7.55. The second kappa shape index (κ2) is 5.20. The molecule has 108 valence electrons. The molecular weight excluding hydrogens is 291 g/mol. The molecule has 1 aromatic rings. The first-order valence-electron chi connectivity index (χ1n) is 4.89. The molecule has 0 aliphatic heterocycles. The van der Waals surface area contributed by atoms with Crippen molar-refractivity contribution in [1.29, 1.82) is 0 Å².